The molecule has 5 atom stereocenters. The fourth-order valence-corrected chi connectivity index (χ4v) is 5.25. The number of hydrogen-bond donors (Lipinski definition) is 2. The summed E-state index contributed by atoms with van der Waals surface area (Å²) in [5.74, 6) is 0.233. The number of aliphatic hydroxyl groups is 2. The van der Waals surface area contributed by atoms with Crippen molar-refractivity contribution < 1.29 is 15.0 Å². The number of carbonyl (C=O) groups is 1. The first-order valence-corrected chi connectivity index (χ1v) is 9.48. The van der Waals surface area contributed by atoms with Crippen LogP contribution in [0.15, 0.2) is 36.4 Å². The Labute approximate surface area is 150 Å². The highest BCUT2D eigenvalue weighted by Crippen LogP contribution is 2.59. The van der Waals surface area contributed by atoms with E-state index in [1.54, 1.807) is 6.08 Å². The van der Waals surface area contributed by atoms with Gasteiger partial charge in [0.05, 0.1) is 12.2 Å². The zero-order chi connectivity index (χ0) is 18.1. The molecule has 2 aliphatic rings. The van der Waals surface area contributed by atoms with Crippen molar-refractivity contribution >= 4 is 11.9 Å². The van der Waals surface area contributed by atoms with Crippen molar-refractivity contribution in [3.8, 4) is 0 Å². The SMILES string of the molecule is CC1(CC(=O)/C=C/c2ccccc2)C2CCCC[C@@]2(C)[C@H](O)C[C@H]1O. The van der Waals surface area contributed by atoms with Gasteiger partial charge in [0, 0.05) is 18.3 Å². The van der Waals surface area contributed by atoms with Gasteiger partial charge in [-0.1, -0.05) is 63.1 Å². The van der Waals surface area contributed by atoms with Crippen LogP contribution in [0, 0.1) is 16.7 Å². The second-order valence-corrected chi connectivity index (χ2v) is 8.46. The van der Waals surface area contributed by atoms with Crippen LogP contribution in [0.2, 0.25) is 0 Å². The van der Waals surface area contributed by atoms with E-state index >= 15 is 0 Å². The molecule has 3 nitrogen and oxygen atoms in total. The summed E-state index contributed by atoms with van der Waals surface area (Å²) in [5, 5.41) is 21.3. The topological polar surface area (TPSA) is 57.5 Å². The average molecular weight is 342 g/mol. The lowest BCUT2D eigenvalue weighted by Gasteiger charge is -2.58. The number of hydrogen-bond acceptors (Lipinski definition) is 3. The molecule has 0 aromatic heterocycles. The molecular formula is C22H30O3. The molecular weight excluding hydrogens is 312 g/mol. The van der Waals surface area contributed by atoms with Crippen LogP contribution in [0.3, 0.4) is 0 Å². The Bertz CT molecular complexity index is 638. The van der Waals surface area contributed by atoms with Gasteiger partial charge in [-0.2, -0.15) is 0 Å². The molecule has 1 aromatic rings. The zero-order valence-electron chi connectivity index (χ0n) is 15.3. The molecule has 0 heterocycles. The fraction of sp³-hybridized carbons (Fsp3) is 0.591. The van der Waals surface area contributed by atoms with E-state index in [1.807, 2.05) is 43.3 Å². The van der Waals surface area contributed by atoms with E-state index < -0.39 is 17.6 Å². The molecule has 3 heteroatoms. The largest absolute Gasteiger partial charge is 0.392 e. The highest BCUT2D eigenvalue weighted by molar-refractivity contribution is 5.94. The Hall–Kier alpha value is -1.45. The van der Waals surface area contributed by atoms with Crippen LogP contribution in [0.25, 0.3) is 6.08 Å². The normalized spacial score (nSPS) is 38.5. The van der Waals surface area contributed by atoms with Gasteiger partial charge in [0.2, 0.25) is 0 Å². The van der Waals surface area contributed by atoms with Crippen molar-refractivity contribution in [3.05, 3.63) is 42.0 Å². The second-order valence-electron chi connectivity index (χ2n) is 8.46. The average Bonchev–Trinajstić information content (AvgIpc) is 2.60. The summed E-state index contributed by atoms with van der Waals surface area (Å²) < 4.78 is 0. The van der Waals surface area contributed by atoms with Crippen molar-refractivity contribution in [3.63, 3.8) is 0 Å². The Kier molecular flexibility index (Phi) is 5.17. The van der Waals surface area contributed by atoms with Crippen molar-refractivity contribution in [2.24, 2.45) is 16.7 Å². The van der Waals surface area contributed by atoms with E-state index in [0.717, 1.165) is 31.2 Å². The quantitative estimate of drug-likeness (QED) is 0.814. The van der Waals surface area contributed by atoms with Crippen LogP contribution in [-0.4, -0.2) is 28.2 Å². The van der Waals surface area contributed by atoms with Gasteiger partial charge in [-0.3, -0.25) is 4.79 Å². The lowest BCUT2D eigenvalue weighted by molar-refractivity contribution is -0.183. The van der Waals surface area contributed by atoms with Crippen LogP contribution >= 0.6 is 0 Å². The van der Waals surface area contributed by atoms with Gasteiger partial charge in [-0.05, 0) is 35.8 Å². The molecule has 136 valence electrons. The highest BCUT2D eigenvalue weighted by Gasteiger charge is 2.57. The first-order valence-electron chi connectivity index (χ1n) is 9.48. The Morgan fingerprint density at radius 2 is 1.88 bits per heavy atom. The molecule has 0 aliphatic heterocycles. The molecule has 2 N–H and O–H groups in total. The molecule has 3 rings (SSSR count). The minimum absolute atomic E-state index is 0.0507. The van der Waals surface area contributed by atoms with E-state index in [4.69, 9.17) is 0 Å². The first-order chi connectivity index (χ1) is 11.9. The van der Waals surface area contributed by atoms with Gasteiger partial charge < -0.3 is 10.2 Å². The van der Waals surface area contributed by atoms with E-state index in [0.29, 0.717) is 12.8 Å². The Morgan fingerprint density at radius 3 is 2.60 bits per heavy atom. The van der Waals surface area contributed by atoms with E-state index in [2.05, 4.69) is 6.92 Å². The summed E-state index contributed by atoms with van der Waals surface area (Å²) in [6.45, 7) is 4.20. The smallest absolute Gasteiger partial charge is 0.156 e. The fourth-order valence-electron chi connectivity index (χ4n) is 5.25. The van der Waals surface area contributed by atoms with Crippen LogP contribution in [0.5, 0.6) is 0 Å². The summed E-state index contributed by atoms with van der Waals surface area (Å²) in [6, 6.07) is 9.79. The maximum absolute atomic E-state index is 12.6. The van der Waals surface area contributed by atoms with Crippen LogP contribution < -0.4 is 0 Å². The van der Waals surface area contributed by atoms with E-state index in [1.165, 1.54) is 0 Å². The number of carbonyl (C=O) groups excluding carboxylic acids is 1. The molecule has 2 saturated carbocycles. The summed E-state index contributed by atoms with van der Waals surface area (Å²) in [5.41, 5.74) is 0.352. The number of rotatable bonds is 4. The molecule has 2 unspecified atom stereocenters. The summed E-state index contributed by atoms with van der Waals surface area (Å²) in [7, 11) is 0. The second kappa shape index (κ2) is 7.05. The minimum Gasteiger partial charge on any atom is -0.392 e. The lowest BCUT2D eigenvalue weighted by atomic mass is 9.48. The van der Waals surface area contributed by atoms with Crippen molar-refractivity contribution in [1.82, 2.24) is 0 Å². The summed E-state index contributed by atoms with van der Waals surface area (Å²) in [6.07, 6.45) is 7.29. The molecule has 0 amide bonds. The van der Waals surface area contributed by atoms with Gasteiger partial charge in [0.15, 0.2) is 5.78 Å². The maximum atomic E-state index is 12.6. The molecule has 0 bridgehead atoms. The summed E-state index contributed by atoms with van der Waals surface area (Å²) in [4.78, 5) is 12.6. The molecule has 2 aliphatic carbocycles. The van der Waals surface area contributed by atoms with Crippen molar-refractivity contribution in [2.75, 3.05) is 0 Å². The lowest BCUT2D eigenvalue weighted by Crippen LogP contribution is -2.59. The Balaban J connectivity index is 1.79. The number of ketones is 1. The van der Waals surface area contributed by atoms with Crippen LogP contribution in [-0.2, 0) is 4.79 Å². The third-order valence-corrected chi connectivity index (χ3v) is 6.84. The van der Waals surface area contributed by atoms with Crippen LogP contribution in [0.1, 0.15) is 57.9 Å². The zero-order valence-corrected chi connectivity index (χ0v) is 15.3. The summed E-state index contributed by atoms with van der Waals surface area (Å²) >= 11 is 0. The molecule has 2 fully saturated rings. The minimum atomic E-state index is -0.632. The standard InChI is InChI=1S/C22H30O3/c1-21-13-7-6-10-18(21)22(2,20(25)14-19(21)24)15-17(23)12-11-16-8-4-3-5-9-16/h3-5,8-9,11-12,18-20,24-25H,6-7,10,13-15H2,1-2H3/b12-11+/t18?,19-,20-,21-,22?/m1/s1. The highest BCUT2D eigenvalue weighted by atomic mass is 16.3. The van der Waals surface area contributed by atoms with E-state index in [-0.39, 0.29) is 17.1 Å². The molecule has 0 saturated heterocycles. The Morgan fingerprint density at radius 1 is 1.16 bits per heavy atom. The predicted octanol–water partition coefficient (Wildman–Crippen LogP) is 3.99. The third kappa shape index (κ3) is 3.45. The molecule has 25 heavy (non-hydrogen) atoms. The van der Waals surface area contributed by atoms with Gasteiger partial charge in [0.25, 0.3) is 0 Å². The monoisotopic (exact) mass is 342 g/mol. The third-order valence-electron chi connectivity index (χ3n) is 6.84. The van der Waals surface area contributed by atoms with Crippen molar-refractivity contribution in [2.45, 2.75) is 64.6 Å². The van der Waals surface area contributed by atoms with Crippen LogP contribution in [0.4, 0.5) is 0 Å². The van der Waals surface area contributed by atoms with Gasteiger partial charge in [-0.25, -0.2) is 0 Å². The number of benzene rings is 1. The number of fused-ring (bicyclic) bond motifs is 1. The predicted molar refractivity (Wildman–Crippen MR) is 99.9 cm³/mol. The molecule has 0 radical (unpaired) electrons. The molecule has 0 spiro atoms. The van der Waals surface area contributed by atoms with Gasteiger partial charge in [0.1, 0.15) is 0 Å². The van der Waals surface area contributed by atoms with Gasteiger partial charge in [-0.15, -0.1) is 0 Å². The van der Waals surface area contributed by atoms with Crippen molar-refractivity contribution in [1.29, 1.82) is 0 Å². The molecule has 1 aromatic carbocycles. The number of allylic oxidation sites excluding steroid dienone is 1. The maximum Gasteiger partial charge on any atom is 0.156 e. The van der Waals surface area contributed by atoms with Gasteiger partial charge >= 0.3 is 0 Å². The van der Waals surface area contributed by atoms with E-state index in [9.17, 15) is 15.0 Å². The first kappa shape index (κ1) is 18.3. The number of aliphatic hydroxyl groups excluding tert-OH is 2.